The number of nitrogens with one attached hydrogen (secondary N) is 1. The van der Waals surface area contributed by atoms with Crippen molar-refractivity contribution < 1.29 is 4.74 Å². The van der Waals surface area contributed by atoms with Crippen molar-refractivity contribution in [1.82, 2.24) is 4.98 Å². The SMILES string of the molecule is CCNc1cc(COCc2ccc(Cl)cc2)ccn1. The molecule has 0 radical (unpaired) electrons. The van der Waals surface area contributed by atoms with Crippen molar-refractivity contribution in [2.24, 2.45) is 0 Å². The van der Waals surface area contributed by atoms with E-state index in [4.69, 9.17) is 16.3 Å². The molecule has 0 aliphatic carbocycles. The van der Waals surface area contributed by atoms with Crippen LogP contribution in [-0.2, 0) is 18.0 Å². The summed E-state index contributed by atoms with van der Waals surface area (Å²) >= 11 is 5.83. The molecular formula is C15H17ClN2O. The Hall–Kier alpha value is -1.58. The Morgan fingerprint density at radius 1 is 1.11 bits per heavy atom. The Morgan fingerprint density at radius 3 is 2.58 bits per heavy atom. The van der Waals surface area contributed by atoms with Crippen molar-refractivity contribution in [1.29, 1.82) is 0 Å². The fraction of sp³-hybridized carbons (Fsp3) is 0.267. The Bertz CT molecular complexity index is 514. The second-order valence-corrected chi connectivity index (χ2v) is 4.64. The van der Waals surface area contributed by atoms with Crippen LogP contribution < -0.4 is 5.32 Å². The molecule has 0 unspecified atom stereocenters. The molecule has 0 bridgehead atoms. The van der Waals surface area contributed by atoms with Crippen LogP contribution in [0, 0.1) is 0 Å². The lowest BCUT2D eigenvalue weighted by molar-refractivity contribution is 0.107. The Labute approximate surface area is 118 Å². The van der Waals surface area contributed by atoms with Crippen LogP contribution in [0.1, 0.15) is 18.1 Å². The van der Waals surface area contributed by atoms with Gasteiger partial charge in [0.15, 0.2) is 0 Å². The van der Waals surface area contributed by atoms with Gasteiger partial charge in [-0.2, -0.15) is 0 Å². The van der Waals surface area contributed by atoms with Gasteiger partial charge in [0.2, 0.25) is 0 Å². The fourth-order valence-corrected chi connectivity index (χ4v) is 1.84. The Kier molecular flexibility index (Phi) is 5.19. The van der Waals surface area contributed by atoms with Crippen LogP contribution in [0.15, 0.2) is 42.6 Å². The highest BCUT2D eigenvalue weighted by Crippen LogP contribution is 2.12. The maximum Gasteiger partial charge on any atom is 0.126 e. The molecule has 0 saturated carbocycles. The van der Waals surface area contributed by atoms with Gasteiger partial charge in [-0.15, -0.1) is 0 Å². The molecule has 0 spiro atoms. The summed E-state index contributed by atoms with van der Waals surface area (Å²) in [4.78, 5) is 4.22. The number of nitrogens with zero attached hydrogens (tertiary/aromatic N) is 1. The summed E-state index contributed by atoms with van der Waals surface area (Å²) in [6.07, 6.45) is 1.79. The van der Waals surface area contributed by atoms with E-state index in [0.717, 1.165) is 28.5 Å². The highest BCUT2D eigenvalue weighted by atomic mass is 35.5. The quantitative estimate of drug-likeness (QED) is 0.869. The van der Waals surface area contributed by atoms with Crippen molar-refractivity contribution in [3.63, 3.8) is 0 Å². The number of aromatic nitrogens is 1. The predicted octanol–water partition coefficient (Wildman–Crippen LogP) is 3.88. The number of hydrogen-bond donors (Lipinski definition) is 1. The maximum absolute atomic E-state index is 5.83. The molecule has 0 aliphatic rings. The second kappa shape index (κ2) is 7.12. The van der Waals surface area contributed by atoms with Gasteiger partial charge in [0, 0.05) is 17.8 Å². The average molecular weight is 277 g/mol. The molecule has 0 saturated heterocycles. The van der Waals surface area contributed by atoms with E-state index in [1.807, 2.05) is 43.3 Å². The van der Waals surface area contributed by atoms with Gasteiger partial charge in [0.25, 0.3) is 0 Å². The number of anilines is 1. The summed E-state index contributed by atoms with van der Waals surface area (Å²) in [5, 5.41) is 3.92. The van der Waals surface area contributed by atoms with E-state index < -0.39 is 0 Å². The van der Waals surface area contributed by atoms with Crippen LogP contribution in [0.5, 0.6) is 0 Å². The molecule has 2 rings (SSSR count). The van der Waals surface area contributed by atoms with Gasteiger partial charge >= 0.3 is 0 Å². The highest BCUT2D eigenvalue weighted by molar-refractivity contribution is 6.30. The molecule has 1 aromatic heterocycles. The molecule has 1 aromatic carbocycles. The number of ether oxygens (including phenoxy) is 1. The average Bonchev–Trinajstić information content (AvgIpc) is 2.42. The summed E-state index contributed by atoms with van der Waals surface area (Å²) < 4.78 is 5.68. The molecule has 3 nitrogen and oxygen atoms in total. The van der Waals surface area contributed by atoms with E-state index in [2.05, 4.69) is 10.3 Å². The third kappa shape index (κ3) is 4.54. The number of pyridine rings is 1. The Balaban J connectivity index is 1.85. The Morgan fingerprint density at radius 2 is 1.84 bits per heavy atom. The minimum Gasteiger partial charge on any atom is -0.372 e. The number of rotatable bonds is 6. The molecule has 0 fully saturated rings. The third-order valence-electron chi connectivity index (χ3n) is 2.63. The zero-order valence-corrected chi connectivity index (χ0v) is 11.7. The van der Waals surface area contributed by atoms with E-state index in [1.54, 1.807) is 6.20 Å². The van der Waals surface area contributed by atoms with Gasteiger partial charge in [-0.05, 0) is 42.3 Å². The van der Waals surface area contributed by atoms with Crippen LogP contribution in [0.25, 0.3) is 0 Å². The number of benzene rings is 1. The second-order valence-electron chi connectivity index (χ2n) is 4.20. The van der Waals surface area contributed by atoms with E-state index in [1.165, 1.54) is 0 Å². The zero-order chi connectivity index (χ0) is 13.5. The number of hydrogen-bond acceptors (Lipinski definition) is 3. The summed E-state index contributed by atoms with van der Waals surface area (Å²) in [5.41, 5.74) is 2.23. The highest BCUT2D eigenvalue weighted by Gasteiger charge is 1.98. The van der Waals surface area contributed by atoms with Crippen LogP contribution in [0.3, 0.4) is 0 Å². The van der Waals surface area contributed by atoms with Gasteiger partial charge < -0.3 is 10.1 Å². The van der Waals surface area contributed by atoms with Crippen molar-refractivity contribution in [3.8, 4) is 0 Å². The molecule has 0 aliphatic heterocycles. The van der Waals surface area contributed by atoms with E-state index >= 15 is 0 Å². The normalized spacial score (nSPS) is 10.4. The summed E-state index contributed by atoms with van der Waals surface area (Å²) in [6.45, 7) is 4.06. The fourth-order valence-electron chi connectivity index (χ4n) is 1.71. The van der Waals surface area contributed by atoms with Crippen LogP contribution in [0.2, 0.25) is 5.02 Å². The first-order valence-corrected chi connectivity index (χ1v) is 6.66. The predicted molar refractivity (Wildman–Crippen MR) is 78.3 cm³/mol. The van der Waals surface area contributed by atoms with Crippen LogP contribution in [-0.4, -0.2) is 11.5 Å². The van der Waals surface area contributed by atoms with Gasteiger partial charge in [-0.25, -0.2) is 4.98 Å². The molecule has 1 heterocycles. The van der Waals surface area contributed by atoms with Crippen LogP contribution in [0.4, 0.5) is 5.82 Å². The summed E-state index contributed by atoms with van der Waals surface area (Å²) in [5.74, 6) is 0.884. The molecule has 0 atom stereocenters. The first kappa shape index (κ1) is 13.8. The van der Waals surface area contributed by atoms with Gasteiger partial charge in [0.1, 0.15) is 5.82 Å². The molecule has 0 amide bonds. The summed E-state index contributed by atoms with van der Waals surface area (Å²) in [6, 6.07) is 11.7. The standard InChI is InChI=1S/C15H17ClN2O/c1-2-17-15-9-13(7-8-18-15)11-19-10-12-3-5-14(16)6-4-12/h3-9H,2,10-11H2,1H3,(H,17,18). The topological polar surface area (TPSA) is 34.1 Å². The van der Waals surface area contributed by atoms with Gasteiger partial charge in [0.05, 0.1) is 13.2 Å². The van der Waals surface area contributed by atoms with Crippen molar-refractivity contribution in [2.45, 2.75) is 20.1 Å². The molecule has 100 valence electrons. The lowest BCUT2D eigenvalue weighted by atomic mass is 10.2. The minimum atomic E-state index is 0.573. The zero-order valence-electron chi connectivity index (χ0n) is 10.9. The van der Waals surface area contributed by atoms with E-state index in [9.17, 15) is 0 Å². The molecule has 4 heteroatoms. The summed E-state index contributed by atoms with van der Waals surface area (Å²) in [7, 11) is 0. The lowest BCUT2D eigenvalue weighted by Gasteiger charge is -2.07. The molecule has 19 heavy (non-hydrogen) atoms. The largest absolute Gasteiger partial charge is 0.372 e. The van der Waals surface area contributed by atoms with Crippen molar-refractivity contribution in [2.75, 3.05) is 11.9 Å². The van der Waals surface area contributed by atoms with E-state index in [0.29, 0.717) is 13.2 Å². The molecular weight excluding hydrogens is 260 g/mol. The maximum atomic E-state index is 5.83. The van der Waals surface area contributed by atoms with Crippen molar-refractivity contribution >= 4 is 17.4 Å². The smallest absolute Gasteiger partial charge is 0.126 e. The first-order valence-electron chi connectivity index (χ1n) is 6.29. The molecule has 1 N–H and O–H groups in total. The third-order valence-corrected chi connectivity index (χ3v) is 2.88. The van der Waals surface area contributed by atoms with Crippen molar-refractivity contribution in [3.05, 3.63) is 58.7 Å². The molecule has 2 aromatic rings. The minimum absolute atomic E-state index is 0.573. The van der Waals surface area contributed by atoms with Gasteiger partial charge in [-0.3, -0.25) is 0 Å². The van der Waals surface area contributed by atoms with Gasteiger partial charge in [-0.1, -0.05) is 23.7 Å². The monoisotopic (exact) mass is 276 g/mol. The number of halogens is 1. The van der Waals surface area contributed by atoms with E-state index in [-0.39, 0.29) is 0 Å². The van der Waals surface area contributed by atoms with Crippen LogP contribution >= 0.6 is 11.6 Å². The first-order chi connectivity index (χ1) is 9.28. The lowest BCUT2D eigenvalue weighted by Crippen LogP contribution is -2.00.